The lowest BCUT2D eigenvalue weighted by molar-refractivity contribution is -0.122. The molecule has 1 amide bonds. The smallest absolute Gasteiger partial charge is 0.227 e. The molecule has 0 saturated heterocycles. The normalized spacial score (nSPS) is 11.7. The van der Waals surface area contributed by atoms with Gasteiger partial charge < -0.3 is 10.1 Å². The van der Waals surface area contributed by atoms with Crippen LogP contribution >= 0.6 is 0 Å². The first-order valence-corrected chi connectivity index (χ1v) is 12.1. The van der Waals surface area contributed by atoms with Gasteiger partial charge >= 0.3 is 0 Å². The Hall–Kier alpha value is -4.44. The Bertz CT molecular complexity index is 1490. The number of carbonyl (C=O) groups excluding carboxylic acids is 1. The van der Waals surface area contributed by atoms with Crippen LogP contribution in [0.2, 0.25) is 0 Å². The highest BCUT2D eigenvalue weighted by Gasteiger charge is 2.16. The minimum absolute atomic E-state index is 0.00336. The number of benzene rings is 4. The first kappa shape index (κ1) is 23.3. The lowest BCUT2D eigenvalue weighted by Gasteiger charge is -2.15. The Balaban J connectivity index is 1.33. The van der Waals surface area contributed by atoms with Crippen molar-refractivity contribution in [3.63, 3.8) is 0 Å². The van der Waals surface area contributed by atoms with Crippen LogP contribution in [0.3, 0.4) is 0 Å². The van der Waals surface area contributed by atoms with Crippen molar-refractivity contribution >= 4 is 16.7 Å². The van der Waals surface area contributed by atoms with E-state index in [2.05, 4.69) is 52.8 Å². The monoisotopic (exact) mass is 472 g/mol. The summed E-state index contributed by atoms with van der Waals surface area (Å²) in [6.45, 7) is 2.38. The van der Waals surface area contributed by atoms with Gasteiger partial charge in [-0.2, -0.15) is 0 Å². The Kier molecular flexibility index (Phi) is 6.76. The first-order valence-electron chi connectivity index (χ1n) is 12.1. The molecule has 178 valence electrons. The summed E-state index contributed by atoms with van der Waals surface area (Å²) in [6, 6.07) is 32.7. The van der Waals surface area contributed by atoms with Gasteiger partial charge in [-0.25, -0.2) is 0 Å². The summed E-state index contributed by atoms with van der Waals surface area (Å²) in [6.07, 6.45) is 3.67. The van der Waals surface area contributed by atoms with E-state index < -0.39 is 0 Å². The summed E-state index contributed by atoms with van der Waals surface area (Å²) < 4.78 is 5.41. The van der Waals surface area contributed by atoms with Crippen molar-refractivity contribution in [2.45, 2.75) is 19.4 Å². The Morgan fingerprint density at radius 3 is 2.36 bits per heavy atom. The molecule has 1 N–H and O–H groups in total. The lowest BCUT2D eigenvalue weighted by Crippen LogP contribution is -2.27. The van der Waals surface area contributed by atoms with E-state index in [1.165, 1.54) is 5.56 Å². The molecule has 0 spiro atoms. The van der Waals surface area contributed by atoms with E-state index >= 15 is 0 Å². The molecule has 4 aromatic carbocycles. The second-order valence-electron chi connectivity index (χ2n) is 8.85. The molecule has 0 fully saturated rings. The molecule has 0 bridgehead atoms. The number of carbonyl (C=O) groups is 1. The molecule has 1 aromatic heterocycles. The summed E-state index contributed by atoms with van der Waals surface area (Å²) in [5, 5.41) is 5.24. The van der Waals surface area contributed by atoms with Gasteiger partial charge in [0.2, 0.25) is 5.91 Å². The van der Waals surface area contributed by atoms with Gasteiger partial charge in [0, 0.05) is 24.3 Å². The number of nitrogens with one attached hydrogen (secondary N) is 1. The maximum Gasteiger partial charge on any atom is 0.227 e. The SMILES string of the molecule is COc1cccc(-c2ccc(CNC(=O)C(C)c3ccc(-c4ccccc4)cc3)c3cnccc23)c1. The van der Waals surface area contributed by atoms with Gasteiger partial charge in [0.15, 0.2) is 0 Å². The zero-order valence-corrected chi connectivity index (χ0v) is 20.4. The zero-order chi connectivity index (χ0) is 24.9. The number of pyridine rings is 1. The van der Waals surface area contributed by atoms with Crippen LogP contribution in [0.25, 0.3) is 33.0 Å². The summed E-state index contributed by atoms with van der Waals surface area (Å²) in [7, 11) is 1.67. The van der Waals surface area contributed by atoms with Crippen LogP contribution in [0, 0.1) is 0 Å². The van der Waals surface area contributed by atoms with Gasteiger partial charge in [0.05, 0.1) is 13.0 Å². The van der Waals surface area contributed by atoms with E-state index in [9.17, 15) is 4.79 Å². The highest BCUT2D eigenvalue weighted by molar-refractivity contribution is 5.98. The van der Waals surface area contributed by atoms with Crippen LogP contribution in [0.5, 0.6) is 5.75 Å². The summed E-state index contributed by atoms with van der Waals surface area (Å²) in [5.74, 6) is 0.559. The third-order valence-electron chi connectivity index (χ3n) is 6.65. The topological polar surface area (TPSA) is 51.2 Å². The number of fused-ring (bicyclic) bond motifs is 1. The van der Waals surface area contributed by atoms with Gasteiger partial charge in [0.25, 0.3) is 0 Å². The number of methoxy groups -OCH3 is 1. The third kappa shape index (κ3) is 4.84. The van der Waals surface area contributed by atoms with Crippen LogP contribution < -0.4 is 10.1 Å². The molecule has 1 heterocycles. The molecule has 5 aromatic rings. The third-order valence-corrected chi connectivity index (χ3v) is 6.65. The fourth-order valence-corrected chi connectivity index (χ4v) is 4.53. The second-order valence-corrected chi connectivity index (χ2v) is 8.85. The zero-order valence-electron chi connectivity index (χ0n) is 20.4. The van der Waals surface area contributed by atoms with Crippen molar-refractivity contribution in [1.29, 1.82) is 0 Å². The second kappa shape index (κ2) is 10.4. The van der Waals surface area contributed by atoms with Gasteiger partial charge in [-0.15, -0.1) is 0 Å². The van der Waals surface area contributed by atoms with Crippen LogP contribution in [0.4, 0.5) is 0 Å². The molecule has 0 aliphatic heterocycles. The molecule has 36 heavy (non-hydrogen) atoms. The largest absolute Gasteiger partial charge is 0.497 e. The standard InChI is InChI=1S/C32H28N2O2/c1-22(23-11-13-25(14-12-23)24-7-4-3-5-8-24)32(35)34-20-27-15-16-29(30-17-18-33-21-31(27)30)26-9-6-10-28(19-26)36-2/h3-19,21-22H,20H2,1-2H3,(H,34,35). The average molecular weight is 473 g/mol. The summed E-state index contributed by atoms with van der Waals surface area (Å²) in [5.41, 5.74) is 6.51. The quantitative estimate of drug-likeness (QED) is 0.277. The Morgan fingerprint density at radius 1 is 0.833 bits per heavy atom. The predicted molar refractivity (Wildman–Crippen MR) is 146 cm³/mol. The number of ether oxygens (including phenoxy) is 1. The Morgan fingerprint density at radius 2 is 1.58 bits per heavy atom. The number of rotatable bonds is 7. The fourth-order valence-electron chi connectivity index (χ4n) is 4.53. The lowest BCUT2D eigenvalue weighted by atomic mass is 9.95. The summed E-state index contributed by atoms with van der Waals surface area (Å²) in [4.78, 5) is 17.4. The van der Waals surface area contributed by atoms with E-state index in [0.717, 1.165) is 44.3 Å². The van der Waals surface area contributed by atoms with Gasteiger partial charge in [-0.05, 0) is 63.9 Å². The molecule has 5 rings (SSSR count). The highest BCUT2D eigenvalue weighted by atomic mass is 16.5. The highest BCUT2D eigenvalue weighted by Crippen LogP contribution is 2.32. The summed E-state index contributed by atoms with van der Waals surface area (Å²) >= 11 is 0. The van der Waals surface area contributed by atoms with Crippen LogP contribution in [0.1, 0.15) is 24.0 Å². The van der Waals surface area contributed by atoms with E-state index in [1.807, 2.05) is 67.7 Å². The van der Waals surface area contributed by atoms with Crippen molar-refractivity contribution in [1.82, 2.24) is 10.3 Å². The van der Waals surface area contributed by atoms with Crippen molar-refractivity contribution in [3.8, 4) is 28.0 Å². The number of aromatic nitrogens is 1. The first-order chi connectivity index (χ1) is 17.6. The van der Waals surface area contributed by atoms with E-state index in [1.54, 1.807) is 13.3 Å². The van der Waals surface area contributed by atoms with Crippen molar-refractivity contribution in [2.24, 2.45) is 0 Å². The maximum atomic E-state index is 13.0. The van der Waals surface area contributed by atoms with Gasteiger partial charge in [-0.1, -0.05) is 78.9 Å². The molecular formula is C32H28N2O2. The molecule has 0 radical (unpaired) electrons. The van der Waals surface area contributed by atoms with Crippen molar-refractivity contribution in [2.75, 3.05) is 7.11 Å². The molecular weight excluding hydrogens is 444 g/mol. The fraction of sp³-hybridized carbons (Fsp3) is 0.125. The van der Waals surface area contributed by atoms with Gasteiger partial charge in [-0.3, -0.25) is 9.78 Å². The number of hydrogen-bond acceptors (Lipinski definition) is 3. The van der Waals surface area contributed by atoms with Crippen LogP contribution in [-0.4, -0.2) is 18.0 Å². The molecule has 1 unspecified atom stereocenters. The molecule has 0 saturated carbocycles. The van der Waals surface area contributed by atoms with Crippen molar-refractivity contribution in [3.05, 3.63) is 121 Å². The molecule has 4 nitrogen and oxygen atoms in total. The van der Waals surface area contributed by atoms with E-state index in [4.69, 9.17) is 4.74 Å². The molecule has 0 aliphatic carbocycles. The van der Waals surface area contributed by atoms with Gasteiger partial charge in [0.1, 0.15) is 5.75 Å². The maximum absolute atomic E-state index is 13.0. The predicted octanol–water partition coefficient (Wildman–Crippen LogP) is 7.00. The molecule has 1 atom stereocenters. The Labute approximate surface area is 211 Å². The average Bonchev–Trinajstić information content (AvgIpc) is 2.96. The minimum Gasteiger partial charge on any atom is -0.497 e. The molecule has 4 heteroatoms. The number of hydrogen-bond donors (Lipinski definition) is 1. The molecule has 0 aliphatic rings. The number of nitrogens with zero attached hydrogens (tertiary/aromatic N) is 1. The van der Waals surface area contributed by atoms with E-state index in [-0.39, 0.29) is 11.8 Å². The van der Waals surface area contributed by atoms with Crippen LogP contribution in [-0.2, 0) is 11.3 Å². The number of amides is 1. The van der Waals surface area contributed by atoms with Crippen molar-refractivity contribution < 1.29 is 9.53 Å². The van der Waals surface area contributed by atoms with Crippen LogP contribution in [0.15, 0.2) is 109 Å². The minimum atomic E-state index is -0.254. The van der Waals surface area contributed by atoms with E-state index in [0.29, 0.717) is 6.54 Å².